The molecule has 0 saturated carbocycles. The fourth-order valence-electron chi connectivity index (χ4n) is 3.76. The van der Waals surface area contributed by atoms with Crippen molar-refractivity contribution in [2.75, 3.05) is 6.54 Å². The van der Waals surface area contributed by atoms with E-state index in [0.29, 0.717) is 30.2 Å². The molecule has 2 atom stereocenters. The average Bonchev–Trinajstić information content (AvgIpc) is 3.48. The SMILES string of the molecule is Cc1cc(CC(=O)N2C[C@H](O)C[C@H]2C(=O)CCc2ccc(-c3ncco3)cc2)on1. The van der Waals surface area contributed by atoms with Crippen molar-refractivity contribution in [2.24, 2.45) is 0 Å². The molecule has 1 aliphatic rings. The molecule has 0 aliphatic carbocycles. The standard InChI is InChI=1S/C22H23N3O5/c1-14-10-18(30-24-14)12-21(28)25-13-17(26)11-19(25)20(27)7-4-15-2-5-16(6-3-15)22-23-8-9-29-22/h2-3,5-6,8-10,17,19,26H,4,7,11-13H2,1H3/t17-,19+/m1/s1. The highest BCUT2D eigenvalue weighted by molar-refractivity contribution is 5.90. The summed E-state index contributed by atoms with van der Waals surface area (Å²) in [4.78, 5) is 31.1. The fourth-order valence-corrected chi connectivity index (χ4v) is 3.76. The Bertz CT molecular complexity index is 1010. The van der Waals surface area contributed by atoms with Gasteiger partial charge in [0.2, 0.25) is 11.8 Å². The molecule has 156 valence electrons. The van der Waals surface area contributed by atoms with Crippen LogP contribution >= 0.6 is 0 Å². The number of amides is 1. The molecule has 0 radical (unpaired) electrons. The molecule has 1 amide bonds. The molecule has 30 heavy (non-hydrogen) atoms. The summed E-state index contributed by atoms with van der Waals surface area (Å²) in [5.74, 6) is 0.715. The van der Waals surface area contributed by atoms with Crippen LogP contribution in [-0.4, -0.2) is 50.5 Å². The summed E-state index contributed by atoms with van der Waals surface area (Å²) < 4.78 is 10.4. The van der Waals surface area contributed by atoms with Crippen molar-refractivity contribution >= 4 is 11.7 Å². The minimum Gasteiger partial charge on any atom is -0.445 e. The number of ketones is 1. The quantitative estimate of drug-likeness (QED) is 0.638. The Morgan fingerprint density at radius 1 is 1.27 bits per heavy atom. The number of nitrogens with zero attached hydrogens (tertiary/aromatic N) is 3. The normalized spacial score (nSPS) is 18.7. The Kier molecular flexibility index (Phi) is 5.76. The second-order valence-electron chi connectivity index (χ2n) is 7.56. The summed E-state index contributed by atoms with van der Waals surface area (Å²) in [6.07, 6.45) is 3.56. The van der Waals surface area contributed by atoms with Crippen LogP contribution in [-0.2, 0) is 22.4 Å². The second kappa shape index (κ2) is 8.62. The van der Waals surface area contributed by atoms with E-state index in [-0.39, 0.29) is 31.1 Å². The van der Waals surface area contributed by atoms with E-state index in [4.69, 9.17) is 8.94 Å². The molecule has 1 aliphatic heterocycles. The number of hydrogen-bond donors (Lipinski definition) is 1. The zero-order valence-electron chi connectivity index (χ0n) is 16.7. The van der Waals surface area contributed by atoms with E-state index < -0.39 is 12.1 Å². The molecule has 4 rings (SSSR count). The number of rotatable bonds is 7. The summed E-state index contributed by atoms with van der Waals surface area (Å²) in [6, 6.07) is 8.77. The number of carbonyl (C=O) groups excluding carboxylic acids is 2. The predicted octanol–water partition coefficient (Wildman–Crippen LogP) is 2.34. The van der Waals surface area contributed by atoms with Gasteiger partial charge in [-0.05, 0) is 31.0 Å². The van der Waals surface area contributed by atoms with E-state index in [1.54, 1.807) is 19.2 Å². The summed E-state index contributed by atoms with van der Waals surface area (Å²) in [6.45, 7) is 1.94. The number of benzene rings is 1. The van der Waals surface area contributed by atoms with Crippen molar-refractivity contribution in [3.8, 4) is 11.5 Å². The lowest BCUT2D eigenvalue weighted by atomic mass is 10.0. The Labute approximate surface area is 173 Å². The number of oxazole rings is 1. The molecule has 1 N–H and O–H groups in total. The monoisotopic (exact) mass is 409 g/mol. The fraction of sp³-hybridized carbons (Fsp3) is 0.364. The van der Waals surface area contributed by atoms with Crippen LogP contribution in [0, 0.1) is 6.92 Å². The molecule has 8 nitrogen and oxygen atoms in total. The average molecular weight is 409 g/mol. The molecule has 1 fully saturated rings. The number of aryl methyl sites for hydroxylation is 2. The van der Waals surface area contributed by atoms with Gasteiger partial charge in [-0.1, -0.05) is 17.3 Å². The maximum Gasteiger partial charge on any atom is 0.231 e. The maximum absolute atomic E-state index is 12.8. The van der Waals surface area contributed by atoms with Gasteiger partial charge in [-0.15, -0.1) is 0 Å². The van der Waals surface area contributed by atoms with Gasteiger partial charge in [-0.25, -0.2) is 4.98 Å². The van der Waals surface area contributed by atoms with Crippen LogP contribution in [0.2, 0.25) is 0 Å². The zero-order valence-corrected chi connectivity index (χ0v) is 16.7. The van der Waals surface area contributed by atoms with Crippen molar-refractivity contribution in [3.05, 3.63) is 59.8 Å². The lowest BCUT2D eigenvalue weighted by Crippen LogP contribution is -2.41. The predicted molar refractivity (Wildman–Crippen MR) is 106 cm³/mol. The van der Waals surface area contributed by atoms with Gasteiger partial charge in [0.1, 0.15) is 12.0 Å². The Balaban J connectivity index is 1.36. The van der Waals surface area contributed by atoms with Gasteiger partial charge in [0.25, 0.3) is 0 Å². The van der Waals surface area contributed by atoms with Gasteiger partial charge < -0.3 is 18.9 Å². The highest BCUT2D eigenvalue weighted by atomic mass is 16.5. The first-order valence-electron chi connectivity index (χ1n) is 9.91. The topological polar surface area (TPSA) is 110 Å². The summed E-state index contributed by atoms with van der Waals surface area (Å²) in [7, 11) is 0. The molecular formula is C22H23N3O5. The summed E-state index contributed by atoms with van der Waals surface area (Å²) >= 11 is 0. The molecule has 0 spiro atoms. The second-order valence-corrected chi connectivity index (χ2v) is 7.56. The molecule has 1 aromatic carbocycles. The maximum atomic E-state index is 12.8. The van der Waals surface area contributed by atoms with E-state index in [1.807, 2.05) is 24.3 Å². The molecule has 1 saturated heterocycles. The molecule has 0 bridgehead atoms. The van der Waals surface area contributed by atoms with Crippen LogP contribution in [0.1, 0.15) is 29.9 Å². The largest absolute Gasteiger partial charge is 0.445 e. The van der Waals surface area contributed by atoms with Crippen LogP contribution in [0.5, 0.6) is 0 Å². The molecule has 3 heterocycles. The zero-order chi connectivity index (χ0) is 21.1. The van der Waals surface area contributed by atoms with E-state index in [9.17, 15) is 14.7 Å². The number of aliphatic hydroxyl groups is 1. The molecule has 2 aromatic heterocycles. The van der Waals surface area contributed by atoms with Gasteiger partial charge in [0, 0.05) is 31.0 Å². The Morgan fingerprint density at radius 3 is 2.73 bits per heavy atom. The first-order valence-corrected chi connectivity index (χ1v) is 9.91. The molecule has 0 unspecified atom stereocenters. The van der Waals surface area contributed by atoms with Crippen molar-refractivity contribution in [1.82, 2.24) is 15.0 Å². The minimum absolute atomic E-state index is 0.0274. The summed E-state index contributed by atoms with van der Waals surface area (Å²) in [5.41, 5.74) is 2.57. The van der Waals surface area contributed by atoms with Crippen molar-refractivity contribution < 1.29 is 23.6 Å². The first kappa shape index (κ1) is 20.0. The van der Waals surface area contributed by atoms with Gasteiger partial charge >= 0.3 is 0 Å². The molecule has 3 aromatic rings. The van der Waals surface area contributed by atoms with E-state index in [2.05, 4.69) is 10.1 Å². The minimum atomic E-state index is -0.695. The van der Waals surface area contributed by atoms with Crippen molar-refractivity contribution in [1.29, 1.82) is 0 Å². The van der Waals surface area contributed by atoms with E-state index in [0.717, 1.165) is 11.1 Å². The van der Waals surface area contributed by atoms with Crippen LogP contribution < -0.4 is 0 Å². The van der Waals surface area contributed by atoms with Crippen LogP contribution in [0.25, 0.3) is 11.5 Å². The third kappa shape index (κ3) is 4.49. The third-order valence-corrected chi connectivity index (χ3v) is 5.27. The number of aromatic nitrogens is 2. The van der Waals surface area contributed by atoms with Gasteiger partial charge in [0.15, 0.2) is 5.78 Å². The summed E-state index contributed by atoms with van der Waals surface area (Å²) in [5, 5.41) is 13.8. The van der Waals surface area contributed by atoms with E-state index in [1.165, 1.54) is 11.2 Å². The number of Topliss-reactive ketones (excluding diaryl/α,β-unsaturated/α-hetero) is 1. The van der Waals surface area contributed by atoms with Gasteiger partial charge in [-0.2, -0.15) is 0 Å². The molecule has 8 heteroatoms. The lowest BCUT2D eigenvalue weighted by Gasteiger charge is -2.23. The first-order chi connectivity index (χ1) is 14.5. The number of aliphatic hydroxyl groups excluding tert-OH is 1. The Morgan fingerprint density at radius 2 is 2.07 bits per heavy atom. The van der Waals surface area contributed by atoms with Crippen molar-refractivity contribution in [2.45, 2.75) is 44.8 Å². The van der Waals surface area contributed by atoms with Gasteiger partial charge in [-0.3, -0.25) is 9.59 Å². The van der Waals surface area contributed by atoms with Crippen LogP contribution in [0.4, 0.5) is 0 Å². The lowest BCUT2D eigenvalue weighted by molar-refractivity contribution is -0.137. The Hall–Kier alpha value is -3.26. The van der Waals surface area contributed by atoms with E-state index >= 15 is 0 Å². The molecular weight excluding hydrogens is 386 g/mol. The van der Waals surface area contributed by atoms with Crippen LogP contribution in [0.3, 0.4) is 0 Å². The highest BCUT2D eigenvalue weighted by Crippen LogP contribution is 2.23. The number of likely N-dealkylation sites (tertiary alicyclic amines) is 1. The third-order valence-electron chi connectivity index (χ3n) is 5.27. The number of hydrogen-bond acceptors (Lipinski definition) is 7. The number of β-amino-alcohol motifs (C(OH)–C–C–N with tert-alkyl or cyclic N) is 1. The number of carbonyl (C=O) groups is 2. The van der Waals surface area contributed by atoms with Gasteiger partial charge in [0.05, 0.1) is 30.5 Å². The smallest absolute Gasteiger partial charge is 0.231 e. The van der Waals surface area contributed by atoms with Crippen LogP contribution in [0.15, 0.2) is 51.7 Å². The highest BCUT2D eigenvalue weighted by Gasteiger charge is 2.38. The van der Waals surface area contributed by atoms with Crippen molar-refractivity contribution in [3.63, 3.8) is 0 Å².